The number of piperidine rings is 1. The molecule has 2 spiro atoms. The normalized spacial score (nSPS) is 26.4. The van der Waals surface area contributed by atoms with Gasteiger partial charge in [0.1, 0.15) is 0 Å². The van der Waals surface area contributed by atoms with Crippen LogP contribution in [-0.2, 0) is 4.79 Å². The van der Waals surface area contributed by atoms with E-state index in [1.807, 2.05) is 48.0 Å². The number of aryl methyl sites for hydroxylation is 1. The number of fused-ring (bicyclic) bond motifs is 1. The largest absolute Gasteiger partial charge is 0.345 e. The van der Waals surface area contributed by atoms with E-state index in [9.17, 15) is 9.59 Å². The van der Waals surface area contributed by atoms with Gasteiger partial charge in [0.05, 0.1) is 5.41 Å². The molecule has 0 radical (unpaired) electrons. The summed E-state index contributed by atoms with van der Waals surface area (Å²) in [5.74, 6) is 0.915. The molecular weight excluding hydrogens is 376 g/mol. The van der Waals surface area contributed by atoms with Crippen LogP contribution >= 0.6 is 0 Å². The number of likely N-dealkylation sites (tertiary alicyclic amines) is 3. The van der Waals surface area contributed by atoms with Crippen molar-refractivity contribution in [3.05, 3.63) is 29.8 Å². The van der Waals surface area contributed by atoms with Gasteiger partial charge >= 0.3 is 6.03 Å². The molecule has 3 aliphatic rings. The highest BCUT2D eigenvalue weighted by atomic mass is 16.2. The zero-order valence-electron chi connectivity index (χ0n) is 18.9. The average Bonchev–Trinajstić information content (AvgIpc) is 3.14. The van der Waals surface area contributed by atoms with E-state index in [1.54, 1.807) is 0 Å². The van der Waals surface area contributed by atoms with Crippen molar-refractivity contribution in [2.75, 3.05) is 51.6 Å². The Morgan fingerprint density at radius 2 is 1.87 bits per heavy atom. The molecule has 3 saturated heterocycles. The third-order valence-corrected chi connectivity index (χ3v) is 7.57. The number of hydrogen-bond acceptors (Lipinski definition) is 3. The first kappa shape index (κ1) is 21.2. The minimum atomic E-state index is -0.268. The average molecular weight is 413 g/mol. The Balaban J connectivity index is 1.48. The molecule has 6 heteroatoms. The monoisotopic (exact) mass is 412 g/mol. The third kappa shape index (κ3) is 3.59. The first-order valence-corrected chi connectivity index (χ1v) is 11.4. The minimum Gasteiger partial charge on any atom is -0.345 e. The Hall–Kier alpha value is -2.08. The minimum absolute atomic E-state index is 0.0101. The van der Waals surface area contributed by atoms with Crippen LogP contribution in [0.2, 0.25) is 0 Å². The summed E-state index contributed by atoms with van der Waals surface area (Å²) >= 11 is 0. The van der Waals surface area contributed by atoms with Gasteiger partial charge in [-0.05, 0) is 49.8 Å². The van der Waals surface area contributed by atoms with Crippen LogP contribution in [-0.4, -0.2) is 73.0 Å². The molecular formula is C24H36N4O2. The fourth-order valence-corrected chi connectivity index (χ4v) is 6.10. The van der Waals surface area contributed by atoms with E-state index >= 15 is 0 Å². The lowest BCUT2D eigenvalue weighted by Gasteiger charge is -2.46. The summed E-state index contributed by atoms with van der Waals surface area (Å²) in [5, 5.41) is 3.04. The summed E-state index contributed by atoms with van der Waals surface area (Å²) in [5.41, 5.74) is 1.69. The van der Waals surface area contributed by atoms with Crippen LogP contribution in [0, 0.1) is 23.7 Å². The van der Waals surface area contributed by atoms with E-state index < -0.39 is 0 Å². The molecule has 3 fully saturated rings. The molecule has 0 unspecified atom stereocenters. The molecule has 1 aromatic rings. The van der Waals surface area contributed by atoms with Gasteiger partial charge in [-0.3, -0.25) is 4.79 Å². The number of anilines is 1. The maximum atomic E-state index is 13.3. The molecule has 6 nitrogen and oxygen atoms in total. The van der Waals surface area contributed by atoms with Crippen LogP contribution in [0.3, 0.4) is 0 Å². The van der Waals surface area contributed by atoms with E-state index in [2.05, 4.69) is 24.1 Å². The maximum absolute atomic E-state index is 13.3. The second kappa shape index (κ2) is 7.88. The predicted molar refractivity (Wildman–Crippen MR) is 119 cm³/mol. The highest BCUT2D eigenvalue weighted by molar-refractivity contribution is 5.90. The molecule has 164 valence electrons. The van der Waals surface area contributed by atoms with Crippen LogP contribution in [0.15, 0.2) is 24.3 Å². The van der Waals surface area contributed by atoms with Gasteiger partial charge in [-0.2, -0.15) is 0 Å². The van der Waals surface area contributed by atoms with Gasteiger partial charge in [0.15, 0.2) is 0 Å². The molecule has 3 heterocycles. The number of amides is 3. The van der Waals surface area contributed by atoms with Crippen LogP contribution in [0.5, 0.6) is 0 Å². The van der Waals surface area contributed by atoms with Gasteiger partial charge < -0.3 is 20.0 Å². The van der Waals surface area contributed by atoms with Crippen molar-refractivity contribution >= 4 is 17.6 Å². The fraction of sp³-hybridized carbons (Fsp3) is 0.667. The van der Waals surface area contributed by atoms with Crippen molar-refractivity contribution in [2.24, 2.45) is 16.7 Å². The van der Waals surface area contributed by atoms with Gasteiger partial charge in [0.2, 0.25) is 5.91 Å². The zero-order chi connectivity index (χ0) is 21.5. The first-order valence-electron chi connectivity index (χ1n) is 11.4. The van der Waals surface area contributed by atoms with Gasteiger partial charge in [-0.15, -0.1) is 0 Å². The molecule has 3 aliphatic heterocycles. The van der Waals surface area contributed by atoms with Crippen LogP contribution in [0.1, 0.15) is 38.7 Å². The molecule has 1 N–H and O–H groups in total. The SMILES string of the molecule is Cc1cccc(NC(=O)N2CCC3(CC2)CN(CC(C)C)C[C@@]32CCN(C)C2=O)c1. The summed E-state index contributed by atoms with van der Waals surface area (Å²) in [6.45, 7) is 11.7. The Morgan fingerprint density at radius 1 is 1.13 bits per heavy atom. The summed E-state index contributed by atoms with van der Waals surface area (Å²) in [6, 6.07) is 7.88. The number of hydrogen-bond donors (Lipinski definition) is 1. The molecule has 1 aromatic carbocycles. The number of rotatable bonds is 3. The lowest BCUT2D eigenvalue weighted by atomic mass is 9.60. The lowest BCUT2D eigenvalue weighted by molar-refractivity contribution is -0.141. The van der Waals surface area contributed by atoms with Crippen molar-refractivity contribution in [1.82, 2.24) is 14.7 Å². The summed E-state index contributed by atoms with van der Waals surface area (Å²) in [7, 11) is 1.94. The van der Waals surface area contributed by atoms with Gasteiger partial charge in [-0.25, -0.2) is 4.79 Å². The maximum Gasteiger partial charge on any atom is 0.321 e. The number of nitrogens with zero attached hydrogens (tertiary/aromatic N) is 3. The topological polar surface area (TPSA) is 55.9 Å². The number of nitrogens with one attached hydrogen (secondary N) is 1. The molecule has 0 aromatic heterocycles. The molecule has 0 bridgehead atoms. The Morgan fingerprint density at radius 3 is 2.47 bits per heavy atom. The van der Waals surface area contributed by atoms with E-state index in [4.69, 9.17) is 0 Å². The summed E-state index contributed by atoms with van der Waals surface area (Å²) < 4.78 is 0. The van der Waals surface area contributed by atoms with Crippen molar-refractivity contribution in [3.8, 4) is 0 Å². The summed E-state index contributed by atoms with van der Waals surface area (Å²) in [6.07, 6.45) is 2.76. The number of carbonyl (C=O) groups excluding carboxylic acids is 2. The van der Waals surface area contributed by atoms with E-state index in [0.29, 0.717) is 24.9 Å². The zero-order valence-corrected chi connectivity index (χ0v) is 18.9. The highest BCUT2D eigenvalue weighted by Crippen LogP contribution is 2.57. The van der Waals surface area contributed by atoms with E-state index in [0.717, 1.165) is 56.7 Å². The molecule has 0 saturated carbocycles. The Kier molecular flexibility index (Phi) is 5.56. The molecule has 1 atom stereocenters. The number of carbonyl (C=O) groups is 2. The fourth-order valence-electron chi connectivity index (χ4n) is 6.10. The number of benzene rings is 1. The highest BCUT2D eigenvalue weighted by Gasteiger charge is 2.64. The van der Waals surface area contributed by atoms with Gasteiger partial charge in [0, 0.05) is 57.4 Å². The molecule has 3 amide bonds. The van der Waals surface area contributed by atoms with Gasteiger partial charge in [0.25, 0.3) is 0 Å². The van der Waals surface area contributed by atoms with Crippen molar-refractivity contribution in [3.63, 3.8) is 0 Å². The third-order valence-electron chi connectivity index (χ3n) is 7.57. The second-order valence-corrected chi connectivity index (χ2v) is 10.2. The summed E-state index contributed by atoms with van der Waals surface area (Å²) in [4.78, 5) is 32.6. The van der Waals surface area contributed by atoms with Crippen molar-refractivity contribution in [1.29, 1.82) is 0 Å². The quantitative estimate of drug-likeness (QED) is 0.828. The van der Waals surface area contributed by atoms with Crippen molar-refractivity contribution < 1.29 is 9.59 Å². The Labute approximate surface area is 180 Å². The molecule has 4 rings (SSSR count). The first-order chi connectivity index (χ1) is 14.2. The van der Waals surface area contributed by atoms with Crippen molar-refractivity contribution in [2.45, 2.75) is 40.0 Å². The second-order valence-electron chi connectivity index (χ2n) is 10.2. The lowest BCUT2D eigenvalue weighted by Crippen LogP contribution is -2.54. The van der Waals surface area contributed by atoms with E-state index in [-0.39, 0.29) is 16.9 Å². The van der Waals surface area contributed by atoms with Crippen LogP contribution in [0.4, 0.5) is 10.5 Å². The predicted octanol–water partition coefficient (Wildman–Crippen LogP) is 3.43. The number of urea groups is 1. The Bertz CT molecular complexity index is 815. The van der Waals surface area contributed by atoms with Gasteiger partial charge in [-0.1, -0.05) is 26.0 Å². The van der Waals surface area contributed by atoms with E-state index in [1.165, 1.54) is 0 Å². The molecule has 0 aliphatic carbocycles. The standard InChI is InChI=1S/C24H36N4O2/c1-18(2)15-27-16-23(24(17-27)10-11-26(4)21(24)29)8-12-28(13-9-23)22(30)25-20-7-5-6-19(3)14-20/h5-7,14,18H,8-13,15-17H2,1-4H3,(H,25,30)/t24-/m1/s1. The van der Waals surface area contributed by atoms with Crippen LogP contribution in [0.25, 0.3) is 0 Å². The smallest absolute Gasteiger partial charge is 0.321 e. The molecule has 30 heavy (non-hydrogen) atoms. The van der Waals surface area contributed by atoms with Crippen LogP contribution < -0.4 is 5.32 Å².